The van der Waals surface area contributed by atoms with Crippen LogP contribution in [0.3, 0.4) is 0 Å². The Balaban J connectivity index is 1.90. The van der Waals surface area contributed by atoms with Gasteiger partial charge in [0.15, 0.2) is 12.2 Å². The van der Waals surface area contributed by atoms with E-state index in [2.05, 4.69) is 19.7 Å². The topological polar surface area (TPSA) is 217 Å². The Morgan fingerprint density at radius 3 is 1.19 bits per heavy atom. The van der Waals surface area contributed by atoms with Crippen molar-refractivity contribution in [3.05, 3.63) is 96.1 Å². The Kier molecular flexibility index (Phi) is 24.3. The van der Waals surface area contributed by atoms with Crippen molar-refractivity contribution in [2.75, 3.05) is 77.6 Å². The number of esters is 8. The van der Waals surface area contributed by atoms with E-state index in [9.17, 15) is 38.4 Å². The summed E-state index contributed by atoms with van der Waals surface area (Å²) in [5, 5.41) is 0. The zero-order valence-electron chi connectivity index (χ0n) is 40.5. The third-order valence-electron chi connectivity index (χ3n) is 9.67. The quantitative estimate of drug-likeness (QED) is 0.0546. The van der Waals surface area contributed by atoms with Crippen LogP contribution < -0.4 is 9.80 Å². The molecule has 0 aliphatic heterocycles. The summed E-state index contributed by atoms with van der Waals surface area (Å²) in [5.41, 5.74) is 2.51. The largest absolute Gasteiger partial charge is 0.465 e. The van der Waals surface area contributed by atoms with Gasteiger partial charge in [-0.05, 0) is 69.5 Å². The molecule has 0 saturated carbocycles. The van der Waals surface area contributed by atoms with Crippen LogP contribution in [0.2, 0.25) is 0 Å². The van der Waals surface area contributed by atoms with E-state index in [1.54, 1.807) is 0 Å². The number of nitrogens with zero attached hydrogens (tertiary/aromatic N) is 2. The highest BCUT2D eigenvalue weighted by Crippen LogP contribution is 2.27. The zero-order valence-corrected chi connectivity index (χ0v) is 40.5. The van der Waals surface area contributed by atoms with E-state index in [0.717, 1.165) is 22.5 Å². The average molecular weight is 951 g/mol. The number of anilines is 2. The van der Waals surface area contributed by atoms with Crippen molar-refractivity contribution in [3.8, 4) is 0 Å². The summed E-state index contributed by atoms with van der Waals surface area (Å²) >= 11 is 0. The smallest absolute Gasteiger partial charge is 0.333 e. The molecule has 0 amide bonds. The van der Waals surface area contributed by atoms with Gasteiger partial charge in [-0.15, -0.1) is 0 Å². The third kappa shape index (κ3) is 22.5. The Morgan fingerprint density at radius 1 is 0.500 bits per heavy atom. The highest BCUT2D eigenvalue weighted by molar-refractivity contribution is 5.90. The predicted molar refractivity (Wildman–Crippen MR) is 250 cm³/mol. The fraction of sp³-hybridized carbons (Fsp3) is 0.480. The normalized spacial score (nSPS) is 11.6. The van der Waals surface area contributed by atoms with Gasteiger partial charge in [0, 0.05) is 69.1 Å². The predicted octanol–water partition coefficient (Wildman–Crippen LogP) is 5.37. The first-order valence-corrected chi connectivity index (χ1v) is 21.9. The molecule has 0 bridgehead atoms. The number of hydrogen-bond acceptors (Lipinski definition) is 18. The fourth-order valence-electron chi connectivity index (χ4n) is 5.66. The van der Waals surface area contributed by atoms with Crippen molar-refractivity contribution in [2.24, 2.45) is 5.41 Å². The molecule has 2 atom stereocenters. The lowest BCUT2D eigenvalue weighted by Crippen LogP contribution is -2.35. The number of carbonyl (C=O) groups excluding carboxylic acids is 8. The Morgan fingerprint density at radius 2 is 0.838 bits per heavy atom. The number of hydrogen-bond donors (Lipinski definition) is 0. The van der Waals surface area contributed by atoms with Crippen LogP contribution in [0.4, 0.5) is 11.4 Å². The van der Waals surface area contributed by atoms with Crippen molar-refractivity contribution in [2.45, 2.75) is 84.8 Å². The van der Waals surface area contributed by atoms with E-state index in [1.165, 1.54) is 27.7 Å². The standard InChI is InChI=1S/C50H66N2O16/c1-33(2)46(57)63-29-40(67-44(55)22-20-42(53)61-26-24-36-12-16-38(17-13-36)51(8)9)31-65-48(59)35(5)28-50(6,7)49(60)66-32-41(30-64-47(58)34(3)4)68-45(56)23-21-43(54)62-27-25-37-14-18-39(19-15-37)52(10)11/h12-19,40-41H,1,3,5,20-32H2,2,4,6-11H3. The molecule has 18 nitrogen and oxygen atoms in total. The molecule has 0 aliphatic carbocycles. The lowest BCUT2D eigenvalue weighted by Gasteiger charge is -2.25. The Bertz CT molecular complexity index is 2090. The molecule has 0 spiro atoms. The molecule has 18 heteroatoms. The minimum Gasteiger partial charge on any atom is -0.465 e. The van der Waals surface area contributed by atoms with Gasteiger partial charge in [0.2, 0.25) is 0 Å². The highest BCUT2D eigenvalue weighted by Gasteiger charge is 2.34. The molecule has 68 heavy (non-hydrogen) atoms. The molecule has 2 aromatic carbocycles. The molecule has 372 valence electrons. The summed E-state index contributed by atoms with van der Waals surface area (Å²) in [6, 6.07) is 15.5. The molecule has 2 unspecified atom stereocenters. The molecule has 0 N–H and O–H groups in total. The minimum atomic E-state index is -1.41. The molecule has 0 radical (unpaired) electrons. The van der Waals surface area contributed by atoms with Gasteiger partial charge in [-0.1, -0.05) is 44.0 Å². The van der Waals surface area contributed by atoms with Gasteiger partial charge >= 0.3 is 47.8 Å². The fourth-order valence-corrected chi connectivity index (χ4v) is 5.66. The van der Waals surface area contributed by atoms with Gasteiger partial charge in [-0.2, -0.15) is 0 Å². The summed E-state index contributed by atoms with van der Waals surface area (Å²) in [4.78, 5) is 105. The van der Waals surface area contributed by atoms with Crippen molar-refractivity contribution in [3.63, 3.8) is 0 Å². The van der Waals surface area contributed by atoms with Crippen molar-refractivity contribution in [1.82, 2.24) is 0 Å². The second-order valence-electron chi connectivity index (χ2n) is 16.9. The summed E-state index contributed by atoms with van der Waals surface area (Å²) < 4.78 is 42.3. The van der Waals surface area contributed by atoms with Crippen molar-refractivity contribution in [1.29, 1.82) is 0 Å². The monoisotopic (exact) mass is 950 g/mol. The minimum absolute atomic E-state index is 0.0646. The first kappa shape index (κ1) is 57.1. The second-order valence-corrected chi connectivity index (χ2v) is 16.9. The summed E-state index contributed by atoms with van der Waals surface area (Å²) in [6.45, 7) is 14.5. The van der Waals surface area contributed by atoms with Gasteiger partial charge in [-0.3, -0.25) is 24.0 Å². The highest BCUT2D eigenvalue weighted by atomic mass is 16.6. The Hall–Kier alpha value is -6.98. The van der Waals surface area contributed by atoms with Gasteiger partial charge in [0.25, 0.3) is 0 Å². The lowest BCUT2D eigenvalue weighted by molar-refractivity contribution is -0.170. The van der Waals surface area contributed by atoms with Crippen LogP contribution in [-0.4, -0.2) is 128 Å². The van der Waals surface area contributed by atoms with Crippen LogP contribution in [0.5, 0.6) is 0 Å². The van der Waals surface area contributed by atoms with Gasteiger partial charge < -0.3 is 47.7 Å². The van der Waals surface area contributed by atoms with E-state index in [-0.39, 0.29) is 62.0 Å². The van der Waals surface area contributed by atoms with Gasteiger partial charge in [0.05, 0.1) is 44.3 Å². The SMILES string of the molecule is C=C(C)C(=O)OCC(COC(=O)C(=C)CC(C)(C)C(=O)OCC(COC(=O)C(=C)C)OC(=O)CCC(=O)OCCc1ccc(N(C)C)cc1)OC(=O)CCC(=O)OCCc1ccc(N(C)C)cc1. The maximum Gasteiger partial charge on any atom is 0.333 e. The van der Waals surface area contributed by atoms with Crippen LogP contribution in [-0.2, 0) is 89.1 Å². The molecule has 0 aromatic heterocycles. The molecule has 2 aromatic rings. The molecular formula is C50H66N2O16. The maximum absolute atomic E-state index is 13.3. The van der Waals surface area contributed by atoms with E-state index < -0.39 is 91.8 Å². The first-order valence-electron chi connectivity index (χ1n) is 21.9. The first-order chi connectivity index (χ1) is 32.0. The van der Waals surface area contributed by atoms with Crippen LogP contribution in [0.15, 0.2) is 85.0 Å². The summed E-state index contributed by atoms with van der Waals surface area (Å²) in [7, 11) is 7.70. The molecular weight excluding hydrogens is 885 g/mol. The zero-order chi connectivity index (χ0) is 51.0. The number of rotatable bonds is 30. The number of ether oxygens (including phenoxy) is 8. The summed E-state index contributed by atoms with van der Waals surface area (Å²) in [5.74, 6) is -6.37. The molecule has 0 saturated heterocycles. The second kappa shape index (κ2) is 28.9. The van der Waals surface area contributed by atoms with Crippen LogP contribution >= 0.6 is 0 Å². The van der Waals surface area contributed by atoms with Gasteiger partial charge in [0.1, 0.15) is 26.4 Å². The van der Waals surface area contributed by atoms with Crippen LogP contribution in [0, 0.1) is 5.41 Å². The van der Waals surface area contributed by atoms with E-state index in [4.69, 9.17) is 37.9 Å². The average Bonchev–Trinajstić information content (AvgIpc) is 3.28. The van der Waals surface area contributed by atoms with Crippen LogP contribution in [0.25, 0.3) is 0 Å². The molecule has 0 fully saturated rings. The third-order valence-corrected chi connectivity index (χ3v) is 9.67. The molecule has 2 rings (SSSR count). The molecule has 0 aliphatic rings. The van der Waals surface area contributed by atoms with E-state index in [0.29, 0.717) is 12.8 Å². The van der Waals surface area contributed by atoms with E-state index in [1.807, 2.05) is 86.5 Å². The van der Waals surface area contributed by atoms with E-state index >= 15 is 0 Å². The Labute approximate surface area is 398 Å². The summed E-state index contributed by atoms with van der Waals surface area (Å²) in [6.07, 6.45) is -3.26. The maximum atomic E-state index is 13.3. The van der Waals surface area contributed by atoms with Gasteiger partial charge in [-0.25, -0.2) is 14.4 Å². The number of carbonyl (C=O) groups is 8. The van der Waals surface area contributed by atoms with Crippen LogP contribution in [0.1, 0.15) is 70.9 Å². The van der Waals surface area contributed by atoms with Crippen molar-refractivity contribution >= 4 is 59.1 Å². The lowest BCUT2D eigenvalue weighted by atomic mass is 9.86. The number of benzene rings is 2. The molecule has 0 heterocycles. The van der Waals surface area contributed by atoms with Crippen molar-refractivity contribution < 1.29 is 76.3 Å².